The molecular formula is C28H29ClN2O6S. The molecule has 0 bridgehead atoms. The first kappa shape index (κ1) is 27.6. The van der Waals surface area contributed by atoms with Gasteiger partial charge in [0, 0.05) is 23.6 Å². The van der Waals surface area contributed by atoms with E-state index in [1.54, 1.807) is 25.3 Å². The zero-order chi connectivity index (χ0) is 27.5. The molecule has 0 aliphatic carbocycles. The first-order valence-electron chi connectivity index (χ1n) is 12.1. The highest BCUT2D eigenvalue weighted by Crippen LogP contribution is 2.35. The van der Waals surface area contributed by atoms with Crippen molar-refractivity contribution in [2.45, 2.75) is 42.7 Å². The van der Waals surface area contributed by atoms with Crippen LogP contribution in [0.2, 0.25) is 5.02 Å². The van der Waals surface area contributed by atoms with Gasteiger partial charge in [0.1, 0.15) is 17.3 Å². The molecule has 1 unspecified atom stereocenters. The van der Waals surface area contributed by atoms with Gasteiger partial charge in [0.05, 0.1) is 12.0 Å². The van der Waals surface area contributed by atoms with Gasteiger partial charge in [-0.3, -0.25) is 4.79 Å². The van der Waals surface area contributed by atoms with Gasteiger partial charge in [-0.05, 0) is 55.2 Å². The van der Waals surface area contributed by atoms with Crippen molar-refractivity contribution in [3.05, 3.63) is 83.4 Å². The molecule has 1 aliphatic rings. The van der Waals surface area contributed by atoms with E-state index in [1.165, 1.54) is 25.1 Å². The van der Waals surface area contributed by atoms with Crippen LogP contribution < -0.4 is 10.1 Å². The van der Waals surface area contributed by atoms with Gasteiger partial charge in [-0.15, -0.1) is 0 Å². The number of amides is 1. The van der Waals surface area contributed by atoms with E-state index >= 15 is 0 Å². The van der Waals surface area contributed by atoms with E-state index in [0.717, 1.165) is 21.2 Å². The average Bonchev–Trinajstić information content (AvgIpc) is 3.32. The Hall–Kier alpha value is -3.40. The second kappa shape index (κ2) is 11.1. The molecule has 1 heterocycles. The monoisotopic (exact) mass is 556 g/mol. The van der Waals surface area contributed by atoms with Crippen molar-refractivity contribution in [1.82, 2.24) is 9.62 Å². The lowest BCUT2D eigenvalue weighted by Gasteiger charge is -2.34. The lowest BCUT2D eigenvalue weighted by Crippen LogP contribution is -2.58. The Morgan fingerprint density at radius 1 is 1.11 bits per heavy atom. The summed E-state index contributed by atoms with van der Waals surface area (Å²) in [6.45, 7) is 1.67. The number of para-hydroxylation sites is 1. The number of sulfonamides is 1. The molecule has 3 aromatic rings. The minimum atomic E-state index is -4.04. The van der Waals surface area contributed by atoms with E-state index in [-0.39, 0.29) is 29.3 Å². The Morgan fingerprint density at radius 2 is 1.82 bits per heavy atom. The van der Waals surface area contributed by atoms with Crippen LogP contribution in [0.3, 0.4) is 0 Å². The number of hydrogen-bond acceptors (Lipinski definition) is 5. The van der Waals surface area contributed by atoms with Crippen molar-refractivity contribution in [3.8, 4) is 16.9 Å². The molecular weight excluding hydrogens is 528 g/mol. The molecule has 1 amide bonds. The number of ether oxygens (including phenoxy) is 1. The predicted molar refractivity (Wildman–Crippen MR) is 145 cm³/mol. The molecule has 2 atom stereocenters. The number of hydrogen-bond donors (Lipinski definition) is 2. The first-order chi connectivity index (χ1) is 18.1. The maximum absolute atomic E-state index is 13.4. The third kappa shape index (κ3) is 5.55. The molecule has 10 heteroatoms. The summed E-state index contributed by atoms with van der Waals surface area (Å²) in [6.07, 6.45) is 0.759. The summed E-state index contributed by atoms with van der Waals surface area (Å²) in [4.78, 5) is 25.5. The van der Waals surface area contributed by atoms with Crippen molar-refractivity contribution < 1.29 is 27.9 Å². The van der Waals surface area contributed by atoms with Crippen LogP contribution in [-0.2, 0) is 26.0 Å². The van der Waals surface area contributed by atoms with E-state index in [1.807, 2.05) is 36.4 Å². The van der Waals surface area contributed by atoms with Gasteiger partial charge in [0.25, 0.3) is 0 Å². The summed E-state index contributed by atoms with van der Waals surface area (Å²) in [5, 5.41) is 12.7. The highest BCUT2D eigenvalue weighted by atomic mass is 35.5. The molecule has 0 saturated carbocycles. The Balaban J connectivity index is 1.52. The molecule has 2 N–H and O–H groups in total. The van der Waals surface area contributed by atoms with Gasteiger partial charge in [0.15, 0.2) is 0 Å². The lowest BCUT2D eigenvalue weighted by atomic mass is 9.97. The van der Waals surface area contributed by atoms with Crippen LogP contribution in [0.5, 0.6) is 5.75 Å². The molecule has 38 heavy (non-hydrogen) atoms. The van der Waals surface area contributed by atoms with E-state index in [4.69, 9.17) is 16.3 Å². The number of carbonyl (C=O) groups is 2. The van der Waals surface area contributed by atoms with Gasteiger partial charge in [-0.25, -0.2) is 13.2 Å². The van der Waals surface area contributed by atoms with E-state index < -0.39 is 33.5 Å². The second-order valence-corrected chi connectivity index (χ2v) is 11.7. The van der Waals surface area contributed by atoms with Gasteiger partial charge in [0.2, 0.25) is 15.9 Å². The van der Waals surface area contributed by atoms with Gasteiger partial charge >= 0.3 is 5.97 Å². The van der Waals surface area contributed by atoms with Crippen LogP contribution in [0.1, 0.15) is 25.3 Å². The standard InChI is InChI=1S/C28H29ClN2O6S/c1-28(15-6-16-31(28)38(35,36)22-8-5-7-21(29)18-22)27(34)30-24(26(32)33)17-19-11-13-20(14-12-19)23-9-3-4-10-25(23)37-2/h3-5,7-14,18,24H,6,15-17H2,1-2H3,(H,30,34)(H,32,33)/t24?,28-/m0/s1. The van der Waals surface area contributed by atoms with E-state index in [9.17, 15) is 23.1 Å². The minimum Gasteiger partial charge on any atom is -0.496 e. The Labute approximate surface area is 227 Å². The number of rotatable bonds is 9. The highest BCUT2D eigenvalue weighted by Gasteiger charge is 2.50. The average molecular weight is 557 g/mol. The fourth-order valence-corrected chi connectivity index (χ4v) is 6.87. The lowest BCUT2D eigenvalue weighted by molar-refractivity contribution is -0.143. The van der Waals surface area contributed by atoms with Crippen molar-refractivity contribution in [1.29, 1.82) is 0 Å². The van der Waals surface area contributed by atoms with Crippen LogP contribution in [0, 0.1) is 0 Å². The molecule has 4 rings (SSSR count). The molecule has 200 valence electrons. The van der Waals surface area contributed by atoms with Crippen molar-refractivity contribution >= 4 is 33.5 Å². The van der Waals surface area contributed by atoms with Crippen molar-refractivity contribution in [2.24, 2.45) is 0 Å². The number of aliphatic carboxylic acids is 1. The smallest absolute Gasteiger partial charge is 0.326 e. The third-order valence-electron chi connectivity index (χ3n) is 6.86. The molecule has 0 aromatic heterocycles. The fraction of sp³-hybridized carbons (Fsp3) is 0.286. The fourth-order valence-electron chi connectivity index (χ4n) is 4.76. The van der Waals surface area contributed by atoms with E-state index in [2.05, 4.69) is 5.32 Å². The normalized spacial score (nSPS) is 18.6. The topological polar surface area (TPSA) is 113 Å². The molecule has 1 aliphatic heterocycles. The predicted octanol–water partition coefficient (Wildman–Crippen LogP) is 4.37. The largest absolute Gasteiger partial charge is 0.496 e. The molecule has 8 nitrogen and oxygen atoms in total. The summed E-state index contributed by atoms with van der Waals surface area (Å²) >= 11 is 6.00. The van der Waals surface area contributed by atoms with E-state index in [0.29, 0.717) is 12.0 Å². The van der Waals surface area contributed by atoms with Gasteiger partial charge in [-0.2, -0.15) is 4.31 Å². The Morgan fingerprint density at radius 3 is 2.47 bits per heavy atom. The van der Waals surface area contributed by atoms with Crippen LogP contribution in [0.15, 0.2) is 77.7 Å². The number of benzene rings is 3. The minimum absolute atomic E-state index is 0.0177. The maximum Gasteiger partial charge on any atom is 0.326 e. The van der Waals surface area contributed by atoms with Crippen LogP contribution >= 0.6 is 11.6 Å². The number of carbonyl (C=O) groups excluding carboxylic acids is 1. The number of nitrogens with one attached hydrogen (secondary N) is 1. The van der Waals surface area contributed by atoms with Gasteiger partial charge in [-0.1, -0.05) is 60.1 Å². The molecule has 0 radical (unpaired) electrons. The summed E-state index contributed by atoms with van der Waals surface area (Å²) in [6, 6.07) is 19.5. The molecule has 1 fully saturated rings. The molecule has 0 spiro atoms. The number of nitrogens with zero attached hydrogens (tertiary/aromatic N) is 1. The number of carboxylic acids is 1. The summed E-state index contributed by atoms with van der Waals surface area (Å²) < 4.78 is 33.3. The quantitative estimate of drug-likeness (QED) is 0.405. The number of halogens is 1. The SMILES string of the molecule is COc1ccccc1-c1ccc(CC(NC(=O)[C@]2(C)CCCN2S(=O)(=O)c2cccc(Cl)c2)C(=O)O)cc1. The van der Waals surface area contributed by atoms with Crippen LogP contribution in [0.25, 0.3) is 11.1 Å². The summed E-state index contributed by atoms with van der Waals surface area (Å²) in [5.74, 6) is -1.14. The third-order valence-corrected chi connectivity index (χ3v) is 9.11. The first-order valence-corrected chi connectivity index (χ1v) is 13.9. The number of methoxy groups -OCH3 is 1. The van der Waals surface area contributed by atoms with Crippen molar-refractivity contribution in [2.75, 3.05) is 13.7 Å². The maximum atomic E-state index is 13.4. The number of carboxylic acid groups (broad SMARTS) is 1. The summed E-state index contributed by atoms with van der Waals surface area (Å²) in [7, 11) is -2.44. The second-order valence-electron chi connectivity index (χ2n) is 9.38. The Bertz CT molecular complexity index is 1440. The van der Waals surface area contributed by atoms with Crippen LogP contribution in [0.4, 0.5) is 0 Å². The van der Waals surface area contributed by atoms with Crippen molar-refractivity contribution in [3.63, 3.8) is 0 Å². The molecule has 1 saturated heterocycles. The molecule has 3 aromatic carbocycles. The Kier molecular flexibility index (Phi) is 8.10. The van der Waals surface area contributed by atoms with Crippen LogP contribution in [-0.4, -0.2) is 54.9 Å². The summed E-state index contributed by atoms with van der Waals surface area (Å²) in [5.41, 5.74) is 1.07. The zero-order valence-corrected chi connectivity index (χ0v) is 22.6. The van der Waals surface area contributed by atoms with Gasteiger partial charge < -0.3 is 15.2 Å². The highest BCUT2D eigenvalue weighted by molar-refractivity contribution is 7.89. The zero-order valence-electron chi connectivity index (χ0n) is 21.1.